The molecule has 1 aliphatic heterocycles. The minimum atomic E-state index is 0.310. The van der Waals surface area contributed by atoms with Gasteiger partial charge in [-0.3, -0.25) is 4.90 Å². The first-order valence-electron chi connectivity index (χ1n) is 7.43. The second-order valence-electron chi connectivity index (χ2n) is 6.75. The number of piperazine rings is 1. The van der Waals surface area contributed by atoms with Crippen LogP contribution in [0.2, 0.25) is 5.02 Å². The van der Waals surface area contributed by atoms with E-state index in [2.05, 4.69) is 35.6 Å². The maximum absolute atomic E-state index is 9.01. The molecule has 0 spiro atoms. The van der Waals surface area contributed by atoms with Crippen molar-refractivity contribution in [1.29, 1.82) is 5.26 Å². The van der Waals surface area contributed by atoms with Crippen molar-refractivity contribution < 1.29 is 0 Å². The molecule has 0 bridgehead atoms. The third kappa shape index (κ3) is 4.59. The van der Waals surface area contributed by atoms with Gasteiger partial charge < -0.3 is 4.90 Å². The van der Waals surface area contributed by atoms with Gasteiger partial charge in [0, 0.05) is 26.2 Å². The van der Waals surface area contributed by atoms with Crippen LogP contribution in [0, 0.1) is 16.7 Å². The quantitative estimate of drug-likeness (QED) is 0.860. The second kappa shape index (κ2) is 6.64. The molecule has 5 heteroatoms. The summed E-state index contributed by atoms with van der Waals surface area (Å²) in [6, 6.07) is 5.70. The predicted octanol–water partition coefficient (Wildman–Crippen LogP) is 3.16. The number of halogens is 1. The molecule has 2 rings (SSSR count). The average molecular weight is 307 g/mol. The van der Waals surface area contributed by atoms with Crippen LogP contribution in [0.15, 0.2) is 12.1 Å². The maximum Gasteiger partial charge on any atom is 0.161 e. The lowest BCUT2D eigenvalue weighted by Gasteiger charge is -2.36. The van der Waals surface area contributed by atoms with E-state index in [1.807, 2.05) is 12.1 Å². The molecule has 0 saturated carbocycles. The fourth-order valence-electron chi connectivity index (χ4n) is 2.38. The number of nitriles is 1. The van der Waals surface area contributed by atoms with Gasteiger partial charge in [0.25, 0.3) is 0 Å². The predicted molar refractivity (Wildman–Crippen MR) is 86.7 cm³/mol. The first kappa shape index (κ1) is 16.1. The zero-order valence-corrected chi connectivity index (χ0v) is 13.8. The van der Waals surface area contributed by atoms with Crippen molar-refractivity contribution in [2.24, 2.45) is 5.41 Å². The summed E-state index contributed by atoms with van der Waals surface area (Å²) in [5.74, 6) is 0.853. The number of hydrogen-bond donors (Lipinski definition) is 0. The van der Waals surface area contributed by atoms with Crippen molar-refractivity contribution in [1.82, 2.24) is 9.88 Å². The molecule has 0 unspecified atom stereocenters. The monoisotopic (exact) mass is 306 g/mol. The molecular formula is C16H23ClN4. The molecule has 0 amide bonds. The van der Waals surface area contributed by atoms with Gasteiger partial charge in [-0.15, -0.1) is 0 Å². The largest absolute Gasteiger partial charge is 0.354 e. The van der Waals surface area contributed by atoms with Crippen LogP contribution in [0.3, 0.4) is 0 Å². The van der Waals surface area contributed by atoms with Crippen LogP contribution in [0.5, 0.6) is 0 Å². The number of hydrogen-bond acceptors (Lipinski definition) is 4. The Morgan fingerprint density at radius 3 is 2.48 bits per heavy atom. The SMILES string of the molecule is CC(C)(C)CCN1CCN(c2ccc(Cl)c(C#N)n2)CC1. The molecule has 114 valence electrons. The molecule has 4 nitrogen and oxygen atoms in total. The Labute approximate surface area is 132 Å². The summed E-state index contributed by atoms with van der Waals surface area (Å²) in [4.78, 5) is 9.07. The van der Waals surface area contributed by atoms with E-state index in [0.29, 0.717) is 16.1 Å². The molecule has 1 aromatic heterocycles. The average Bonchev–Trinajstić information content (AvgIpc) is 2.45. The summed E-state index contributed by atoms with van der Waals surface area (Å²) in [6.07, 6.45) is 1.21. The summed E-state index contributed by atoms with van der Waals surface area (Å²) in [7, 11) is 0. The highest BCUT2D eigenvalue weighted by Crippen LogP contribution is 2.22. The fourth-order valence-corrected chi connectivity index (χ4v) is 2.53. The number of pyridine rings is 1. The zero-order chi connectivity index (χ0) is 15.5. The number of aromatic nitrogens is 1. The normalized spacial score (nSPS) is 16.8. The molecule has 2 heterocycles. The second-order valence-corrected chi connectivity index (χ2v) is 7.16. The van der Waals surface area contributed by atoms with E-state index < -0.39 is 0 Å². The van der Waals surface area contributed by atoms with E-state index in [0.717, 1.165) is 38.5 Å². The molecular weight excluding hydrogens is 284 g/mol. The van der Waals surface area contributed by atoms with Crippen molar-refractivity contribution in [2.75, 3.05) is 37.6 Å². The van der Waals surface area contributed by atoms with Gasteiger partial charge >= 0.3 is 0 Å². The van der Waals surface area contributed by atoms with Crippen LogP contribution in [-0.4, -0.2) is 42.6 Å². The van der Waals surface area contributed by atoms with Gasteiger partial charge in [0.05, 0.1) is 5.02 Å². The van der Waals surface area contributed by atoms with Crippen LogP contribution in [0.4, 0.5) is 5.82 Å². The van der Waals surface area contributed by atoms with E-state index in [-0.39, 0.29) is 0 Å². The van der Waals surface area contributed by atoms with Crippen LogP contribution < -0.4 is 4.90 Å². The van der Waals surface area contributed by atoms with E-state index >= 15 is 0 Å². The maximum atomic E-state index is 9.01. The lowest BCUT2D eigenvalue weighted by molar-refractivity contribution is 0.217. The van der Waals surface area contributed by atoms with Crippen molar-refractivity contribution in [3.63, 3.8) is 0 Å². The summed E-state index contributed by atoms with van der Waals surface area (Å²) in [5, 5.41) is 9.43. The third-order valence-electron chi connectivity index (χ3n) is 3.81. The molecule has 0 N–H and O–H groups in total. The molecule has 0 aliphatic carbocycles. The molecule has 1 saturated heterocycles. The van der Waals surface area contributed by atoms with E-state index in [9.17, 15) is 0 Å². The van der Waals surface area contributed by atoms with Crippen LogP contribution in [0.1, 0.15) is 32.9 Å². The Kier molecular flexibility index (Phi) is 5.08. The lowest BCUT2D eigenvalue weighted by atomic mass is 9.92. The van der Waals surface area contributed by atoms with Gasteiger partial charge in [-0.2, -0.15) is 5.26 Å². The van der Waals surface area contributed by atoms with Gasteiger partial charge in [-0.1, -0.05) is 32.4 Å². The zero-order valence-electron chi connectivity index (χ0n) is 13.1. The summed E-state index contributed by atoms with van der Waals surface area (Å²) in [5.41, 5.74) is 0.695. The standard InChI is InChI=1S/C16H23ClN4/c1-16(2,3)6-7-20-8-10-21(11-9-20)15-5-4-13(17)14(12-18)19-15/h4-5H,6-11H2,1-3H3. The number of nitrogens with zero attached hydrogens (tertiary/aromatic N) is 4. The van der Waals surface area contributed by atoms with Crippen molar-refractivity contribution in [3.8, 4) is 6.07 Å². The third-order valence-corrected chi connectivity index (χ3v) is 4.12. The number of anilines is 1. The Hall–Kier alpha value is -1.31. The summed E-state index contributed by atoms with van der Waals surface area (Å²) >= 11 is 5.93. The molecule has 0 aromatic carbocycles. The number of rotatable bonds is 3. The van der Waals surface area contributed by atoms with Crippen LogP contribution in [-0.2, 0) is 0 Å². The highest BCUT2D eigenvalue weighted by molar-refractivity contribution is 6.31. The molecule has 1 aromatic rings. The molecule has 1 aliphatic rings. The highest BCUT2D eigenvalue weighted by atomic mass is 35.5. The molecule has 0 atom stereocenters. The van der Waals surface area contributed by atoms with Gasteiger partial charge in [0.2, 0.25) is 0 Å². The highest BCUT2D eigenvalue weighted by Gasteiger charge is 2.20. The van der Waals surface area contributed by atoms with Gasteiger partial charge in [-0.05, 0) is 30.5 Å². The van der Waals surface area contributed by atoms with Crippen LogP contribution in [0.25, 0.3) is 0 Å². The Balaban J connectivity index is 1.91. The van der Waals surface area contributed by atoms with E-state index in [1.165, 1.54) is 6.42 Å². The molecule has 21 heavy (non-hydrogen) atoms. The van der Waals surface area contributed by atoms with Gasteiger partial charge in [0.15, 0.2) is 5.69 Å². The van der Waals surface area contributed by atoms with Crippen molar-refractivity contribution >= 4 is 17.4 Å². The summed E-state index contributed by atoms with van der Waals surface area (Å²) in [6.45, 7) is 12.0. The smallest absolute Gasteiger partial charge is 0.161 e. The molecule has 0 radical (unpaired) electrons. The lowest BCUT2D eigenvalue weighted by Crippen LogP contribution is -2.47. The summed E-state index contributed by atoms with van der Waals surface area (Å²) < 4.78 is 0. The van der Waals surface area contributed by atoms with Crippen molar-refractivity contribution in [2.45, 2.75) is 27.2 Å². The van der Waals surface area contributed by atoms with Crippen molar-refractivity contribution in [3.05, 3.63) is 22.8 Å². The minimum Gasteiger partial charge on any atom is -0.354 e. The van der Waals surface area contributed by atoms with E-state index in [4.69, 9.17) is 16.9 Å². The molecule has 1 fully saturated rings. The van der Waals surface area contributed by atoms with Gasteiger partial charge in [-0.25, -0.2) is 4.98 Å². The van der Waals surface area contributed by atoms with Crippen LogP contribution >= 0.6 is 11.6 Å². The first-order valence-corrected chi connectivity index (χ1v) is 7.81. The Bertz CT molecular complexity index is 522. The first-order chi connectivity index (χ1) is 9.89. The Morgan fingerprint density at radius 1 is 1.24 bits per heavy atom. The Morgan fingerprint density at radius 2 is 1.90 bits per heavy atom. The fraction of sp³-hybridized carbons (Fsp3) is 0.625. The van der Waals surface area contributed by atoms with Gasteiger partial charge in [0.1, 0.15) is 11.9 Å². The topological polar surface area (TPSA) is 43.2 Å². The minimum absolute atomic E-state index is 0.310. The van der Waals surface area contributed by atoms with E-state index in [1.54, 1.807) is 6.07 Å².